The molecule has 0 saturated carbocycles. The Morgan fingerprint density at radius 2 is 1.14 bits per heavy atom. The lowest BCUT2D eigenvalue weighted by molar-refractivity contribution is 0.361. The number of rotatable bonds is 7. The monoisotopic (exact) mass is 398 g/mol. The van der Waals surface area contributed by atoms with Crippen molar-refractivity contribution in [2.45, 2.75) is 66.2 Å². The van der Waals surface area contributed by atoms with E-state index in [1.165, 1.54) is 38.5 Å². The number of hydrogen-bond acceptors (Lipinski definition) is 2. The summed E-state index contributed by atoms with van der Waals surface area (Å²) in [6.07, 6.45) is 8.50. The SMILES string of the molecule is CCCCC(CC)CCC(C)C.OP(O)(O)=S.OP(O)(O)=S. The van der Waals surface area contributed by atoms with E-state index in [1.54, 1.807) is 0 Å². The van der Waals surface area contributed by atoms with Gasteiger partial charge in [-0.25, -0.2) is 0 Å². The van der Waals surface area contributed by atoms with E-state index < -0.39 is 13.4 Å². The third-order valence-electron chi connectivity index (χ3n) is 2.70. The van der Waals surface area contributed by atoms with Crippen molar-refractivity contribution in [3.8, 4) is 0 Å². The molecule has 0 radical (unpaired) electrons. The van der Waals surface area contributed by atoms with Crippen LogP contribution in [-0.2, 0) is 23.6 Å². The minimum atomic E-state index is -3.81. The summed E-state index contributed by atoms with van der Waals surface area (Å²) < 4.78 is 0. The molecule has 0 amide bonds. The van der Waals surface area contributed by atoms with Crippen molar-refractivity contribution in [3.63, 3.8) is 0 Å². The van der Waals surface area contributed by atoms with Gasteiger partial charge in [0.2, 0.25) is 0 Å². The van der Waals surface area contributed by atoms with E-state index in [1.807, 2.05) is 0 Å². The van der Waals surface area contributed by atoms with Gasteiger partial charge in [0.25, 0.3) is 0 Å². The molecule has 0 heterocycles. The summed E-state index contributed by atoms with van der Waals surface area (Å²) in [7, 11) is 0. The summed E-state index contributed by atoms with van der Waals surface area (Å²) in [6, 6.07) is 0. The second kappa shape index (κ2) is 15.6. The van der Waals surface area contributed by atoms with Gasteiger partial charge in [-0.3, -0.25) is 0 Å². The number of hydrogen-bond donors (Lipinski definition) is 6. The second-order valence-corrected chi connectivity index (χ2v) is 10.4. The van der Waals surface area contributed by atoms with E-state index in [2.05, 4.69) is 51.3 Å². The minimum Gasteiger partial charge on any atom is -0.325 e. The van der Waals surface area contributed by atoms with Crippen LogP contribution in [0.4, 0.5) is 0 Å². The topological polar surface area (TPSA) is 121 Å². The average molecular weight is 398 g/mol. The Balaban J connectivity index is -0.000000298. The Labute approximate surface area is 144 Å². The van der Waals surface area contributed by atoms with Crippen molar-refractivity contribution in [1.82, 2.24) is 0 Å². The van der Waals surface area contributed by atoms with Gasteiger partial charge in [0.1, 0.15) is 0 Å². The zero-order valence-corrected chi connectivity index (χ0v) is 17.2. The Hall–Kier alpha value is 1.06. The third kappa shape index (κ3) is 58.3. The van der Waals surface area contributed by atoms with Crippen LogP contribution in [0, 0.1) is 11.8 Å². The lowest BCUT2D eigenvalue weighted by Gasteiger charge is -2.15. The van der Waals surface area contributed by atoms with Crippen molar-refractivity contribution < 1.29 is 29.4 Å². The first-order chi connectivity index (χ1) is 9.70. The molecule has 0 aromatic rings. The molecule has 0 spiro atoms. The fraction of sp³-hybridized carbons (Fsp3) is 1.00. The van der Waals surface area contributed by atoms with Crippen LogP contribution in [0.1, 0.15) is 66.2 Å². The van der Waals surface area contributed by atoms with Gasteiger partial charge < -0.3 is 29.4 Å². The van der Waals surface area contributed by atoms with E-state index >= 15 is 0 Å². The van der Waals surface area contributed by atoms with E-state index in [9.17, 15) is 0 Å². The lowest BCUT2D eigenvalue weighted by atomic mass is 9.91. The van der Waals surface area contributed by atoms with Gasteiger partial charge >= 0.3 is 13.4 Å². The molecule has 10 heteroatoms. The van der Waals surface area contributed by atoms with Gasteiger partial charge in [-0.1, -0.05) is 66.2 Å². The fourth-order valence-electron chi connectivity index (χ4n) is 1.61. The molecule has 1 atom stereocenters. The second-order valence-electron chi connectivity index (χ2n) is 5.41. The molecule has 0 aliphatic rings. The first-order valence-corrected chi connectivity index (χ1v) is 12.6. The maximum absolute atomic E-state index is 7.56. The van der Waals surface area contributed by atoms with Crippen molar-refractivity contribution in [3.05, 3.63) is 0 Å². The van der Waals surface area contributed by atoms with Gasteiger partial charge in [-0.05, 0) is 35.4 Å². The first kappa shape index (κ1) is 27.9. The maximum atomic E-state index is 7.56. The van der Waals surface area contributed by atoms with Crippen LogP contribution in [0.2, 0.25) is 0 Å². The summed E-state index contributed by atoms with van der Waals surface area (Å²) in [5, 5.41) is 0. The zero-order valence-electron chi connectivity index (χ0n) is 13.8. The lowest BCUT2D eigenvalue weighted by Crippen LogP contribution is -2.01. The molecule has 0 aromatic carbocycles. The molecule has 1 unspecified atom stereocenters. The summed E-state index contributed by atoms with van der Waals surface area (Å²) in [4.78, 5) is 45.3. The third-order valence-corrected chi connectivity index (χ3v) is 2.70. The molecule has 0 aliphatic heterocycles. The molecule has 0 rings (SSSR count). The molecule has 0 bridgehead atoms. The van der Waals surface area contributed by atoms with Crippen LogP contribution in [0.3, 0.4) is 0 Å². The zero-order chi connectivity index (χ0) is 18.4. The van der Waals surface area contributed by atoms with Gasteiger partial charge in [0, 0.05) is 0 Å². The Morgan fingerprint density at radius 1 is 0.773 bits per heavy atom. The highest BCUT2D eigenvalue weighted by molar-refractivity contribution is 8.06. The van der Waals surface area contributed by atoms with Crippen molar-refractivity contribution in [2.75, 3.05) is 0 Å². The van der Waals surface area contributed by atoms with Crippen molar-refractivity contribution in [2.24, 2.45) is 11.8 Å². The van der Waals surface area contributed by atoms with E-state index in [0.29, 0.717) is 0 Å². The van der Waals surface area contributed by atoms with E-state index in [4.69, 9.17) is 29.4 Å². The largest absolute Gasteiger partial charge is 0.325 e. The quantitative estimate of drug-likeness (QED) is 0.362. The van der Waals surface area contributed by atoms with Crippen LogP contribution >= 0.6 is 13.4 Å². The van der Waals surface area contributed by atoms with Gasteiger partial charge in [0.15, 0.2) is 0 Å². The standard InChI is InChI=1S/C12H26.2H3O3PS/c1-5-7-8-12(6-2)10-9-11(3)4;2*1-4(2,3)5/h11-12H,5-10H2,1-4H3;2*(H3,1,2,3,5). The highest BCUT2D eigenvalue weighted by atomic mass is 32.5. The summed E-state index contributed by atoms with van der Waals surface area (Å²) in [5.74, 6) is 1.90. The van der Waals surface area contributed by atoms with Gasteiger partial charge in [-0.15, -0.1) is 0 Å². The minimum absolute atomic E-state index is 0.890. The molecule has 138 valence electrons. The molecule has 22 heavy (non-hydrogen) atoms. The summed E-state index contributed by atoms with van der Waals surface area (Å²) >= 11 is 7.21. The summed E-state index contributed by atoms with van der Waals surface area (Å²) in [6.45, 7) is 1.66. The van der Waals surface area contributed by atoms with Crippen molar-refractivity contribution in [1.29, 1.82) is 0 Å². The van der Waals surface area contributed by atoms with Crippen LogP contribution in [0.5, 0.6) is 0 Å². The Morgan fingerprint density at radius 3 is 1.36 bits per heavy atom. The average Bonchev–Trinajstić information content (AvgIpc) is 2.24. The van der Waals surface area contributed by atoms with Crippen LogP contribution < -0.4 is 0 Å². The molecule has 0 saturated heterocycles. The fourth-order valence-corrected chi connectivity index (χ4v) is 1.61. The first-order valence-electron chi connectivity index (χ1n) is 7.27. The van der Waals surface area contributed by atoms with Crippen molar-refractivity contribution >= 4 is 37.1 Å². The molecule has 0 aliphatic carbocycles. The van der Waals surface area contributed by atoms with E-state index in [-0.39, 0.29) is 0 Å². The maximum Gasteiger partial charge on any atom is 0.319 e. The van der Waals surface area contributed by atoms with Crippen LogP contribution in [-0.4, -0.2) is 29.4 Å². The highest BCUT2D eigenvalue weighted by Gasteiger charge is 2.06. The van der Waals surface area contributed by atoms with Crippen LogP contribution in [0.15, 0.2) is 0 Å². The molecule has 0 fully saturated rings. The summed E-state index contributed by atoms with van der Waals surface area (Å²) in [5.41, 5.74) is 0. The molecular weight excluding hydrogens is 366 g/mol. The smallest absolute Gasteiger partial charge is 0.319 e. The van der Waals surface area contributed by atoms with Gasteiger partial charge in [0.05, 0.1) is 0 Å². The molecule has 6 nitrogen and oxygen atoms in total. The Kier molecular flexibility index (Phi) is 19.7. The normalized spacial score (nSPS) is 12.9. The molecule has 6 N–H and O–H groups in total. The predicted molar refractivity (Wildman–Crippen MR) is 99.3 cm³/mol. The molecule has 0 aromatic heterocycles. The van der Waals surface area contributed by atoms with E-state index in [0.717, 1.165) is 11.8 Å². The predicted octanol–water partition coefficient (Wildman–Crippen LogP) is 3.01. The van der Waals surface area contributed by atoms with Gasteiger partial charge in [-0.2, -0.15) is 0 Å². The highest BCUT2D eigenvalue weighted by Crippen LogP contribution is 2.27. The number of unbranched alkanes of at least 4 members (excludes halogenated alkanes) is 1. The Bertz CT molecular complexity index is 293. The van der Waals surface area contributed by atoms with Crippen LogP contribution in [0.25, 0.3) is 0 Å². The molecular formula is C12H32O6P2S2.